The number of amides is 3. The zero-order chi connectivity index (χ0) is 27.1. The zero-order valence-corrected chi connectivity index (χ0v) is 23.3. The summed E-state index contributed by atoms with van der Waals surface area (Å²) in [6.07, 6.45) is 5.86. The molecule has 4 aromatic rings. The molecule has 1 saturated heterocycles. The van der Waals surface area contributed by atoms with Gasteiger partial charge >= 0.3 is 0 Å². The fourth-order valence-electron chi connectivity index (χ4n) is 5.31. The Morgan fingerprint density at radius 3 is 2.38 bits per heavy atom. The summed E-state index contributed by atoms with van der Waals surface area (Å²) < 4.78 is 2.12. The van der Waals surface area contributed by atoms with Crippen molar-refractivity contribution in [2.75, 3.05) is 10.2 Å². The van der Waals surface area contributed by atoms with Crippen molar-refractivity contribution in [1.29, 1.82) is 0 Å². The average Bonchev–Trinajstić information content (AvgIpc) is 3.55. The normalized spacial score (nSPS) is 16.2. The number of fused-ring (bicyclic) bond motifs is 1. The van der Waals surface area contributed by atoms with Gasteiger partial charge < -0.3 is 9.88 Å². The Hall–Kier alpha value is -3.88. The van der Waals surface area contributed by atoms with Crippen molar-refractivity contribution in [3.05, 3.63) is 105 Å². The van der Waals surface area contributed by atoms with E-state index in [4.69, 9.17) is 0 Å². The molecule has 1 fully saturated rings. The number of nitrogens with zero attached hydrogens (tertiary/aromatic N) is 2. The third-order valence-electron chi connectivity index (χ3n) is 7.18. The number of benzene rings is 2. The second-order valence-corrected chi connectivity index (χ2v) is 11.8. The van der Waals surface area contributed by atoms with Crippen LogP contribution in [-0.2, 0) is 17.6 Å². The van der Waals surface area contributed by atoms with Gasteiger partial charge in [-0.2, -0.15) is 0 Å². The minimum absolute atomic E-state index is 0.103. The molecule has 0 unspecified atom stereocenters. The van der Waals surface area contributed by atoms with Crippen molar-refractivity contribution in [3.8, 4) is 5.00 Å². The third-order valence-corrected chi connectivity index (χ3v) is 9.33. The molecule has 3 amide bonds. The molecule has 8 heteroatoms. The number of carbonyl (C=O) groups is 3. The summed E-state index contributed by atoms with van der Waals surface area (Å²) in [6, 6.07) is 20.5. The summed E-state index contributed by atoms with van der Waals surface area (Å²) in [4.78, 5) is 42.5. The summed E-state index contributed by atoms with van der Waals surface area (Å²) in [6.45, 7) is 4.01. The highest BCUT2D eigenvalue weighted by Crippen LogP contribution is 2.40. The summed E-state index contributed by atoms with van der Waals surface area (Å²) >= 11 is 2.63. The molecule has 0 atom stereocenters. The van der Waals surface area contributed by atoms with Crippen LogP contribution in [0.2, 0.25) is 0 Å². The number of thiophene rings is 1. The quantitative estimate of drug-likeness (QED) is 0.259. The van der Waals surface area contributed by atoms with E-state index in [0.29, 0.717) is 10.6 Å². The van der Waals surface area contributed by atoms with Gasteiger partial charge in [-0.25, -0.2) is 4.90 Å². The van der Waals surface area contributed by atoms with E-state index < -0.39 is 0 Å². The molecule has 6 rings (SSSR count). The Morgan fingerprint density at radius 1 is 0.949 bits per heavy atom. The van der Waals surface area contributed by atoms with E-state index in [0.717, 1.165) is 76.2 Å². The highest BCUT2D eigenvalue weighted by molar-refractivity contribution is 8.19. The van der Waals surface area contributed by atoms with Gasteiger partial charge in [-0.1, -0.05) is 36.4 Å². The molecule has 0 bridgehead atoms. The molecular weight excluding hydrogens is 526 g/mol. The van der Waals surface area contributed by atoms with Crippen LogP contribution < -0.4 is 10.2 Å². The van der Waals surface area contributed by atoms with Gasteiger partial charge in [-0.3, -0.25) is 14.4 Å². The first-order valence-corrected chi connectivity index (χ1v) is 14.6. The molecule has 1 aliphatic carbocycles. The molecule has 2 aliphatic rings. The van der Waals surface area contributed by atoms with E-state index in [2.05, 4.69) is 9.88 Å². The topological polar surface area (TPSA) is 71.4 Å². The standard InChI is InChI=1S/C31H27N3O3S2/c1-19-17-21(18-26-29(36)34(31(37)39-26)23-13-7-4-8-14-23)20(2)33(19)30-27(24-15-9-10-16-25(24)38-30)28(35)32-22-11-5-3-6-12-22/h3-8,11-14,17-18H,9-10,15-16H2,1-2H3,(H,32,35)/b26-18+. The highest BCUT2D eigenvalue weighted by Gasteiger charge is 2.36. The highest BCUT2D eigenvalue weighted by atomic mass is 32.2. The molecule has 0 radical (unpaired) electrons. The van der Waals surface area contributed by atoms with E-state index in [1.165, 1.54) is 9.78 Å². The van der Waals surface area contributed by atoms with Crippen LogP contribution >= 0.6 is 23.1 Å². The SMILES string of the molecule is Cc1cc(/C=C2/SC(=O)N(c3ccccc3)C2=O)c(C)n1-c1sc2c(c1C(=O)Nc1ccccc1)CCCC2. The van der Waals surface area contributed by atoms with Gasteiger partial charge in [-0.05, 0) is 98.8 Å². The number of nitrogens with one attached hydrogen (secondary N) is 1. The Balaban J connectivity index is 1.39. The molecule has 2 aromatic heterocycles. The van der Waals surface area contributed by atoms with Crippen LogP contribution in [0, 0.1) is 13.8 Å². The van der Waals surface area contributed by atoms with Crippen molar-refractivity contribution in [2.24, 2.45) is 0 Å². The minimum atomic E-state index is -0.324. The van der Waals surface area contributed by atoms with E-state index in [-0.39, 0.29) is 17.1 Å². The molecule has 2 aromatic carbocycles. The van der Waals surface area contributed by atoms with Crippen molar-refractivity contribution < 1.29 is 14.4 Å². The molecule has 1 aliphatic heterocycles. The van der Waals surface area contributed by atoms with E-state index >= 15 is 0 Å². The number of hydrogen-bond acceptors (Lipinski definition) is 5. The molecule has 1 N–H and O–H groups in total. The van der Waals surface area contributed by atoms with Crippen LogP contribution in [0.15, 0.2) is 71.6 Å². The smallest absolute Gasteiger partial charge is 0.298 e. The third kappa shape index (κ3) is 4.64. The molecular formula is C31H27N3O3S2. The van der Waals surface area contributed by atoms with Crippen LogP contribution in [0.1, 0.15) is 50.6 Å². The lowest BCUT2D eigenvalue weighted by molar-refractivity contribution is -0.113. The summed E-state index contributed by atoms with van der Waals surface area (Å²) in [5.74, 6) is -0.427. The van der Waals surface area contributed by atoms with Crippen LogP contribution in [0.3, 0.4) is 0 Å². The first-order valence-electron chi connectivity index (χ1n) is 13.0. The van der Waals surface area contributed by atoms with E-state index in [9.17, 15) is 14.4 Å². The molecule has 0 spiro atoms. The second-order valence-electron chi connectivity index (χ2n) is 9.73. The van der Waals surface area contributed by atoms with Crippen molar-refractivity contribution in [2.45, 2.75) is 39.5 Å². The fourth-order valence-corrected chi connectivity index (χ4v) is 7.64. The van der Waals surface area contributed by atoms with Gasteiger partial charge in [0.1, 0.15) is 5.00 Å². The van der Waals surface area contributed by atoms with Crippen molar-refractivity contribution >= 4 is 57.6 Å². The second kappa shape index (κ2) is 10.4. The predicted octanol–water partition coefficient (Wildman–Crippen LogP) is 7.53. The van der Waals surface area contributed by atoms with Crippen molar-refractivity contribution in [1.82, 2.24) is 4.57 Å². The molecule has 0 saturated carbocycles. The fraction of sp³-hybridized carbons (Fsp3) is 0.194. The van der Waals surface area contributed by atoms with E-state index in [1.807, 2.05) is 68.4 Å². The van der Waals surface area contributed by atoms with Gasteiger partial charge in [0.15, 0.2) is 0 Å². The van der Waals surface area contributed by atoms with Crippen LogP contribution in [0.25, 0.3) is 11.1 Å². The minimum Gasteiger partial charge on any atom is -0.322 e. The van der Waals surface area contributed by atoms with E-state index in [1.54, 1.807) is 29.5 Å². The number of carbonyl (C=O) groups excluding carboxylic acids is 3. The lowest BCUT2D eigenvalue weighted by Crippen LogP contribution is -2.27. The molecule has 39 heavy (non-hydrogen) atoms. The first-order chi connectivity index (χ1) is 18.9. The van der Waals surface area contributed by atoms with Crippen LogP contribution in [-0.4, -0.2) is 21.6 Å². The van der Waals surface area contributed by atoms with Gasteiger partial charge in [0.25, 0.3) is 17.1 Å². The van der Waals surface area contributed by atoms with Crippen LogP contribution in [0.5, 0.6) is 0 Å². The Morgan fingerprint density at radius 2 is 1.64 bits per heavy atom. The molecule has 3 heterocycles. The number of hydrogen-bond donors (Lipinski definition) is 1. The maximum Gasteiger partial charge on any atom is 0.298 e. The number of aromatic nitrogens is 1. The number of para-hydroxylation sites is 2. The predicted molar refractivity (Wildman–Crippen MR) is 159 cm³/mol. The Bertz CT molecular complexity index is 1630. The number of rotatable bonds is 5. The monoisotopic (exact) mass is 553 g/mol. The van der Waals surface area contributed by atoms with Gasteiger partial charge in [0.2, 0.25) is 0 Å². The Labute approximate surface area is 235 Å². The number of aryl methyl sites for hydroxylation is 2. The lowest BCUT2D eigenvalue weighted by Gasteiger charge is -2.14. The van der Waals surface area contributed by atoms with Crippen LogP contribution in [0.4, 0.5) is 16.2 Å². The number of anilines is 2. The van der Waals surface area contributed by atoms with Gasteiger partial charge in [-0.15, -0.1) is 11.3 Å². The summed E-state index contributed by atoms with van der Waals surface area (Å²) in [5.41, 5.74) is 5.95. The van der Waals surface area contributed by atoms with Gasteiger partial charge in [0, 0.05) is 22.0 Å². The number of imide groups is 1. The first kappa shape index (κ1) is 25.4. The molecule has 6 nitrogen and oxygen atoms in total. The Kier molecular flexibility index (Phi) is 6.74. The molecule has 196 valence electrons. The number of thioether (sulfide) groups is 1. The lowest BCUT2D eigenvalue weighted by atomic mass is 9.95. The van der Waals surface area contributed by atoms with Crippen molar-refractivity contribution in [3.63, 3.8) is 0 Å². The zero-order valence-electron chi connectivity index (χ0n) is 21.7. The maximum atomic E-state index is 13.7. The maximum absolute atomic E-state index is 13.7. The summed E-state index contributed by atoms with van der Waals surface area (Å²) in [5, 5.41) is 3.69. The van der Waals surface area contributed by atoms with Gasteiger partial charge in [0.05, 0.1) is 16.2 Å². The summed E-state index contributed by atoms with van der Waals surface area (Å²) in [7, 11) is 0. The largest absolute Gasteiger partial charge is 0.322 e. The average molecular weight is 554 g/mol.